The van der Waals surface area contributed by atoms with Crippen molar-refractivity contribution in [2.45, 2.75) is 25.8 Å². The fourth-order valence-electron chi connectivity index (χ4n) is 1.95. The van der Waals surface area contributed by atoms with Gasteiger partial charge in [-0.3, -0.25) is 4.90 Å². The fraction of sp³-hybridized carbons (Fsp3) is 1.00. The standard InChI is InChI=1S/C10H22N2O2S/c1-10(2)9-11-5-7-12(10)6-4-8-15(3,13)14/h11H,4-9H2,1-3H3. The Morgan fingerprint density at radius 2 is 2.07 bits per heavy atom. The Morgan fingerprint density at radius 1 is 1.40 bits per heavy atom. The van der Waals surface area contributed by atoms with E-state index in [1.54, 1.807) is 0 Å². The van der Waals surface area contributed by atoms with E-state index in [9.17, 15) is 8.42 Å². The molecule has 1 aliphatic heterocycles. The van der Waals surface area contributed by atoms with E-state index in [0.29, 0.717) is 5.75 Å². The van der Waals surface area contributed by atoms with Crippen LogP contribution in [0, 0.1) is 0 Å². The molecule has 1 aliphatic rings. The maximum atomic E-state index is 11.0. The van der Waals surface area contributed by atoms with Gasteiger partial charge in [0.25, 0.3) is 0 Å². The number of sulfone groups is 1. The van der Waals surface area contributed by atoms with Crippen LogP contribution in [0.2, 0.25) is 0 Å². The summed E-state index contributed by atoms with van der Waals surface area (Å²) in [5, 5.41) is 3.35. The summed E-state index contributed by atoms with van der Waals surface area (Å²) in [6.45, 7) is 8.26. The lowest BCUT2D eigenvalue weighted by molar-refractivity contribution is 0.0911. The molecule has 1 saturated heterocycles. The van der Waals surface area contributed by atoms with Gasteiger partial charge >= 0.3 is 0 Å². The first kappa shape index (κ1) is 12.9. The average molecular weight is 234 g/mol. The van der Waals surface area contributed by atoms with Crippen LogP contribution in [0.3, 0.4) is 0 Å². The van der Waals surface area contributed by atoms with E-state index >= 15 is 0 Å². The molecule has 1 heterocycles. The van der Waals surface area contributed by atoms with Gasteiger partial charge < -0.3 is 5.32 Å². The van der Waals surface area contributed by atoms with Crippen LogP contribution in [0.1, 0.15) is 20.3 Å². The lowest BCUT2D eigenvalue weighted by Gasteiger charge is -2.42. The van der Waals surface area contributed by atoms with Crippen molar-refractivity contribution in [3.63, 3.8) is 0 Å². The van der Waals surface area contributed by atoms with Crippen LogP contribution in [0.15, 0.2) is 0 Å². The zero-order chi connectivity index (χ0) is 11.5. The first-order valence-electron chi connectivity index (χ1n) is 5.45. The van der Waals surface area contributed by atoms with Crippen LogP contribution in [0.4, 0.5) is 0 Å². The van der Waals surface area contributed by atoms with E-state index in [4.69, 9.17) is 0 Å². The largest absolute Gasteiger partial charge is 0.314 e. The van der Waals surface area contributed by atoms with Crippen molar-refractivity contribution in [3.8, 4) is 0 Å². The molecule has 0 bridgehead atoms. The molecule has 0 amide bonds. The Labute approximate surface area is 93.0 Å². The predicted molar refractivity (Wildman–Crippen MR) is 62.8 cm³/mol. The Hall–Kier alpha value is -0.130. The second-order valence-corrected chi connectivity index (χ2v) is 7.22. The highest BCUT2D eigenvalue weighted by Crippen LogP contribution is 2.16. The van der Waals surface area contributed by atoms with Crippen molar-refractivity contribution >= 4 is 9.84 Å². The maximum absolute atomic E-state index is 11.0. The van der Waals surface area contributed by atoms with Crippen LogP contribution < -0.4 is 5.32 Å². The minimum Gasteiger partial charge on any atom is -0.314 e. The smallest absolute Gasteiger partial charge is 0.147 e. The molecule has 5 heteroatoms. The molecule has 0 aromatic rings. The molecule has 0 atom stereocenters. The predicted octanol–water partition coefficient (Wildman–Crippen LogP) is 0.105. The molecule has 4 nitrogen and oxygen atoms in total. The molecule has 15 heavy (non-hydrogen) atoms. The second kappa shape index (κ2) is 4.80. The molecule has 1 N–H and O–H groups in total. The number of hydrogen-bond acceptors (Lipinski definition) is 4. The van der Waals surface area contributed by atoms with Crippen LogP contribution in [-0.2, 0) is 9.84 Å². The van der Waals surface area contributed by atoms with Crippen molar-refractivity contribution < 1.29 is 8.42 Å². The molecule has 0 aromatic carbocycles. The summed E-state index contributed by atoms with van der Waals surface area (Å²) in [5.41, 5.74) is 0.149. The quantitative estimate of drug-likeness (QED) is 0.750. The van der Waals surface area contributed by atoms with Crippen LogP contribution in [0.5, 0.6) is 0 Å². The number of nitrogens with one attached hydrogen (secondary N) is 1. The molecule has 0 radical (unpaired) electrons. The van der Waals surface area contributed by atoms with Crippen molar-refractivity contribution in [2.24, 2.45) is 0 Å². The molecule has 1 fully saturated rings. The molecule has 1 rings (SSSR count). The maximum Gasteiger partial charge on any atom is 0.147 e. The molecular formula is C10H22N2O2S. The van der Waals surface area contributed by atoms with Crippen LogP contribution in [-0.4, -0.2) is 57.0 Å². The van der Waals surface area contributed by atoms with Gasteiger partial charge in [0.15, 0.2) is 0 Å². The third kappa shape index (κ3) is 4.49. The Morgan fingerprint density at radius 3 is 2.60 bits per heavy atom. The highest BCUT2D eigenvalue weighted by Gasteiger charge is 2.28. The number of hydrogen-bond donors (Lipinski definition) is 1. The van der Waals surface area contributed by atoms with E-state index in [-0.39, 0.29) is 5.54 Å². The van der Waals surface area contributed by atoms with Gasteiger partial charge in [-0.25, -0.2) is 8.42 Å². The van der Waals surface area contributed by atoms with Crippen molar-refractivity contribution in [1.29, 1.82) is 0 Å². The Kier molecular flexibility index (Phi) is 4.14. The minimum absolute atomic E-state index is 0.149. The van der Waals surface area contributed by atoms with Crippen molar-refractivity contribution in [1.82, 2.24) is 10.2 Å². The van der Waals surface area contributed by atoms with Crippen molar-refractivity contribution in [3.05, 3.63) is 0 Å². The van der Waals surface area contributed by atoms with Gasteiger partial charge in [-0.05, 0) is 26.8 Å². The average Bonchev–Trinajstić information content (AvgIpc) is 2.05. The molecule has 0 spiro atoms. The summed E-state index contributed by atoms with van der Waals surface area (Å²) in [5.74, 6) is 0.299. The summed E-state index contributed by atoms with van der Waals surface area (Å²) < 4.78 is 22.0. The van der Waals surface area contributed by atoms with Crippen LogP contribution >= 0.6 is 0 Å². The molecule has 0 aliphatic carbocycles. The van der Waals surface area contributed by atoms with E-state index in [0.717, 1.165) is 32.6 Å². The first-order chi connectivity index (χ1) is 6.81. The second-order valence-electron chi connectivity index (χ2n) is 4.96. The van der Waals surface area contributed by atoms with Gasteiger partial charge in [0, 0.05) is 31.4 Å². The van der Waals surface area contributed by atoms with E-state index in [1.807, 2.05) is 0 Å². The Bertz CT molecular complexity index is 299. The van der Waals surface area contributed by atoms with Gasteiger partial charge in [-0.15, -0.1) is 0 Å². The van der Waals surface area contributed by atoms with Gasteiger partial charge in [-0.1, -0.05) is 0 Å². The molecule has 0 unspecified atom stereocenters. The lowest BCUT2D eigenvalue weighted by atomic mass is 10.00. The number of nitrogens with zero attached hydrogens (tertiary/aromatic N) is 1. The number of rotatable bonds is 4. The van der Waals surface area contributed by atoms with E-state index in [1.165, 1.54) is 6.26 Å². The summed E-state index contributed by atoms with van der Waals surface area (Å²) in [4.78, 5) is 2.37. The van der Waals surface area contributed by atoms with Crippen molar-refractivity contribution in [2.75, 3.05) is 38.2 Å². The molecule has 0 saturated carbocycles. The highest BCUT2D eigenvalue weighted by atomic mass is 32.2. The lowest BCUT2D eigenvalue weighted by Crippen LogP contribution is -2.58. The zero-order valence-electron chi connectivity index (χ0n) is 9.91. The summed E-state index contributed by atoms with van der Waals surface area (Å²) in [6.07, 6.45) is 2.04. The highest BCUT2D eigenvalue weighted by molar-refractivity contribution is 7.90. The Balaban J connectivity index is 2.37. The van der Waals surface area contributed by atoms with Gasteiger partial charge in [-0.2, -0.15) is 0 Å². The summed E-state index contributed by atoms with van der Waals surface area (Å²) >= 11 is 0. The summed E-state index contributed by atoms with van der Waals surface area (Å²) in [6, 6.07) is 0. The molecular weight excluding hydrogens is 212 g/mol. The SMILES string of the molecule is CC1(C)CNCCN1CCCS(C)(=O)=O. The molecule has 90 valence electrons. The molecule has 0 aromatic heterocycles. The van der Waals surface area contributed by atoms with Crippen LogP contribution in [0.25, 0.3) is 0 Å². The minimum atomic E-state index is -2.80. The first-order valence-corrected chi connectivity index (χ1v) is 7.51. The van der Waals surface area contributed by atoms with Gasteiger partial charge in [0.05, 0.1) is 5.75 Å². The fourth-order valence-corrected chi connectivity index (χ4v) is 2.61. The van der Waals surface area contributed by atoms with E-state index in [2.05, 4.69) is 24.1 Å². The summed E-state index contributed by atoms with van der Waals surface area (Å²) in [7, 11) is -2.80. The third-order valence-corrected chi connectivity index (χ3v) is 3.95. The third-order valence-electron chi connectivity index (χ3n) is 2.92. The normalized spacial score (nSPS) is 22.9. The van der Waals surface area contributed by atoms with Gasteiger partial charge in [0.1, 0.15) is 9.84 Å². The number of piperazine rings is 1. The zero-order valence-corrected chi connectivity index (χ0v) is 10.7. The van der Waals surface area contributed by atoms with Gasteiger partial charge in [0.2, 0.25) is 0 Å². The van der Waals surface area contributed by atoms with E-state index < -0.39 is 9.84 Å². The monoisotopic (exact) mass is 234 g/mol. The topological polar surface area (TPSA) is 49.4 Å².